The molecule has 0 saturated heterocycles. The molecule has 50 valence electrons. The number of ether oxygens (including phenoxy) is 1. The van der Waals surface area contributed by atoms with Crippen LogP contribution in [0, 0.1) is 11.3 Å². The zero-order valence-electron chi connectivity index (χ0n) is 5.39. The Morgan fingerprint density at radius 2 is 2.44 bits per heavy atom. The molecule has 0 aromatic heterocycles. The van der Waals surface area contributed by atoms with E-state index in [0.717, 1.165) is 12.8 Å². The largest absolute Gasteiger partial charge is 0.455 e. The van der Waals surface area contributed by atoms with Gasteiger partial charge in [-0.3, -0.25) is 0 Å². The van der Waals surface area contributed by atoms with Crippen LogP contribution in [0.4, 0.5) is 0 Å². The molecule has 0 spiro atoms. The van der Waals surface area contributed by atoms with E-state index in [1.165, 1.54) is 6.07 Å². The maximum atomic E-state index is 10.1. The molecule has 0 heterocycles. The first-order chi connectivity index (χ1) is 4.31. The molecule has 0 amide bonds. The van der Waals surface area contributed by atoms with E-state index in [1.54, 1.807) is 0 Å². The minimum absolute atomic E-state index is 0.364. The summed E-state index contributed by atoms with van der Waals surface area (Å²) in [5, 5.41) is 7.91. The number of carbonyl (C=O) groups is 1. The fraction of sp³-hybridized carbons (Fsp3) is 0.667. The molecule has 0 aromatic carbocycles. The van der Waals surface area contributed by atoms with Gasteiger partial charge in [-0.15, -0.1) is 0 Å². The lowest BCUT2D eigenvalue weighted by Gasteiger charge is -1.94. The normalized spacial score (nSPS) is 8.00. The van der Waals surface area contributed by atoms with Crippen LogP contribution in [0.5, 0.6) is 0 Å². The Morgan fingerprint density at radius 3 is 2.89 bits per heavy atom. The molecule has 0 aliphatic heterocycles. The van der Waals surface area contributed by atoms with Crippen LogP contribution in [-0.4, -0.2) is 12.6 Å². The Labute approximate surface area is 54.2 Å². The van der Waals surface area contributed by atoms with Crippen LogP contribution in [-0.2, 0) is 9.53 Å². The summed E-state index contributed by atoms with van der Waals surface area (Å²) in [5.74, 6) is -0.788. The van der Waals surface area contributed by atoms with Crippen LogP contribution < -0.4 is 0 Å². The summed E-state index contributed by atoms with van der Waals surface area (Å²) in [7, 11) is 0. The van der Waals surface area contributed by atoms with E-state index >= 15 is 0 Å². The number of unbranched alkanes of at least 4 members (excludes halogenated alkanes) is 1. The van der Waals surface area contributed by atoms with Gasteiger partial charge >= 0.3 is 5.97 Å². The number of esters is 1. The maximum Gasteiger partial charge on any atom is 0.411 e. The molecule has 0 radical (unpaired) electrons. The van der Waals surface area contributed by atoms with E-state index in [0.29, 0.717) is 6.61 Å². The molecule has 0 rings (SSSR count). The van der Waals surface area contributed by atoms with Crippen molar-refractivity contribution in [1.82, 2.24) is 0 Å². The van der Waals surface area contributed by atoms with Gasteiger partial charge in [-0.25, -0.2) is 4.79 Å². The standard InChI is InChI=1S/C6H9NO2/c1-2-3-4-9-6(8)5-7/h2-4H2,1H3. The third kappa shape index (κ3) is 4.82. The molecule has 0 fully saturated rings. The highest BCUT2D eigenvalue weighted by Crippen LogP contribution is 1.86. The summed E-state index contributed by atoms with van der Waals surface area (Å²) in [6.07, 6.45) is 1.80. The molecular formula is C6H9NO2. The zero-order chi connectivity index (χ0) is 7.11. The highest BCUT2D eigenvalue weighted by molar-refractivity contribution is 5.85. The Hall–Kier alpha value is -1.04. The highest BCUT2D eigenvalue weighted by atomic mass is 16.5. The lowest BCUT2D eigenvalue weighted by atomic mass is 10.4. The van der Waals surface area contributed by atoms with Gasteiger partial charge in [-0.1, -0.05) is 13.3 Å². The fourth-order valence-electron chi connectivity index (χ4n) is 0.341. The van der Waals surface area contributed by atoms with Crippen LogP contribution in [0.3, 0.4) is 0 Å². The molecule has 0 atom stereocenters. The summed E-state index contributed by atoms with van der Waals surface area (Å²) in [5.41, 5.74) is 0. The zero-order valence-corrected chi connectivity index (χ0v) is 5.39. The lowest BCUT2D eigenvalue weighted by Crippen LogP contribution is -2.01. The van der Waals surface area contributed by atoms with Gasteiger partial charge in [0, 0.05) is 0 Å². The van der Waals surface area contributed by atoms with Crippen molar-refractivity contribution in [3.05, 3.63) is 0 Å². The predicted octanol–water partition coefficient (Wildman–Crippen LogP) is 0.853. The lowest BCUT2D eigenvalue weighted by molar-refractivity contribution is -0.137. The van der Waals surface area contributed by atoms with E-state index in [-0.39, 0.29) is 0 Å². The minimum Gasteiger partial charge on any atom is -0.455 e. The van der Waals surface area contributed by atoms with Crippen LogP contribution >= 0.6 is 0 Å². The van der Waals surface area contributed by atoms with Gasteiger partial charge in [0.2, 0.25) is 0 Å². The SMILES string of the molecule is CCCCOC(=O)C#N. The predicted molar refractivity (Wildman–Crippen MR) is 31.5 cm³/mol. The first-order valence-corrected chi connectivity index (χ1v) is 2.88. The van der Waals surface area contributed by atoms with E-state index in [4.69, 9.17) is 5.26 Å². The third-order valence-electron chi connectivity index (χ3n) is 0.822. The second-order valence-corrected chi connectivity index (χ2v) is 1.60. The first-order valence-electron chi connectivity index (χ1n) is 2.88. The Kier molecular flexibility index (Phi) is 4.51. The highest BCUT2D eigenvalue weighted by Gasteiger charge is 1.95. The van der Waals surface area contributed by atoms with Crippen molar-refractivity contribution in [3.63, 3.8) is 0 Å². The molecule has 0 aromatic rings. The molecule has 0 aliphatic rings. The maximum absolute atomic E-state index is 10.1. The summed E-state index contributed by atoms with van der Waals surface area (Å²) in [4.78, 5) is 10.1. The number of rotatable bonds is 3. The molecule has 9 heavy (non-hydrogen) atoms. The van der Waals surface area contributed by atoms with Gasteiger partial charge < -0.3 is 4.74 Å². The van der Waals surface area contributed by atoms with Crippen LogP contribution in [0.2, 0.25) is 0 Å². The number of hydrogen-bond donors (Lipinski definition) is 0. The van der Waals surface area contributed by atoms with Crippen molar-refractivity contribution in [2.75, 3.05) is 6.61 Å². The summed E-state index contributed by atoms with van der Waals surface area (Å²) >= 11 is 0. The third-order valence-corrected chi connectivity index (χ3v) is 0.822. The van der Waals surface area contributed by atoms with Gasteiger partial charge in [-0.05, 0) is 6.42 Å². The summed E-state index contributed by atoms with van der Waals surface area (Å²) in [6, 6.07) is 1.36. The van der Waals surface area contributed by atoms with Gasteiger partial charge in [0.1, 0.15) is 0 Å². The van der Waals surface area contributed by atoms with Gasteiger partial charge in [0.05, 0.1) is 6.61 Å². The number of hydrogen-bond acceptors (Lipinski definition) is 3. The summed E-state index contributed by atoms with van der Waals surface area (Å²) < 4.78 is 4.43. The first kappa shape index (κ1) is 7.96. The molecule has 0 bridgehead atoms. The van der Waals surface area contributed by atoms with Gasteiger partial charge in [-0.2, -0.15) is 5.26 Å². The van der Waals surface area contributed by atoms with Crippen molar-refractivity contribution in [1.29, 1.82) is 5.26 Å². The van der Waals surface area contributed by atoms with Gasteiger partial charge in [0.15, 0.2) is 6.07 Å². The smallest absolute Gasteiger partial charge is 0.411 e. The van der Waals surface area contributed by atoms with E-state index in [2.05, 4.69) is 4.74 Å². The Morgan fingerprint density at radius 1 is 1.78 bits per heavy atom. The average molecular weight is 127 g/mol. The van der Waals surface area contributed by atoms with Crippen molar-refractivity contribution in [2.24, 2.45) is 0 Å². The van der Waals surface area contributed by atoms with E-state index in [9.17, 15) is 4.79 Å². The Balaban J connectivity index is 3.10. The Bertz CT molecular complexity index is 126. The molecular weight excluding hydrogens is 118 g/mol. The molecule has 0 saturated carbocycles. The molecule has 3 nitrogen and oxygen atoms in total. The van der Waals surface area contributed by atoms with E-state index in [1.807, 2.05) is 6.92 Å². The van der Waals surface area contributed by atoms with Crippen molar-refractivity contribution in [2.45, 2.75) is 19.8 Å². The number of carbonyl (C=O) groups excluding carboxylic acids is 1. The number of nitriles is 1. The van der Waals surface area contributed by atoms with Crippen molar-refractivity contribution < 1.29 is 9.53 Å². The minimum atomic E-state index is -0.788. The molecule has 0 N–H and O–H groups in total. The topological polar surface area (TPSA) is 50.1 Å². The van der Waals surface area contributed by atoms with Crippen LogP contribution in [0.15, 0.2) is 0 Å². The van der Waals surface area contributed by atoms with Crippen LogP contribution in [0.25, 0.3) is 0 Å². The fourth-order valence-corrected chi connectivity index (χ4v) is 0.341. The molecule has 0 unspecified atom stereocenters. The van der Waals surface area contributed by atoms with Gasteiger partial charge in [0.25, 0.3) is 0 Å². The second-order valence-electron chi connectivity index (χ2n) is 1.60. The quantitative estimate of drug-likeness (QED) is 0.321. The average Bonchev–Trinajstić information content (AvgIpc) is 1.89. The second kappa shape index (κ2) is 5.10. The molecule has 3 heteroatoms. The number of nitrogens with zero attached hydrogens (tertiary/aromatic N) is 1. The van der Waals surface area contributed by atoms with Crippen LogP contribution in [0.1, 0.15) is 19.8 Å². The molecule has 0 aliphatic carbocycles. The van der Waals surface area contributed by atoms with Crippen molar-refractivity contribution in [3.8, 4) is 6.07 Å². The van der Waals surface area contributed by atoms with E-state index < -0.39 is 5.97 Å². The van der Waals surface area contributed by atoms with Crippen molar-refractivity contribution >= 4 is 5.97 Å². The monoisotopic (exact) mass is 127 g/mol. The summed E-state index contributed by atoms with van der Waals surface area (Å²) in [6.45, 7) is 2.35.